The van der Waals surface area contributed by atoms with E-state index < -0.39 is 0 Å². The predicted molar refractivity (Wildman–Crippen MR) is 159 cm³/mol. The number of hydrogen-bond donors (Lipinski definition) is 2. The lowest BCUT2D eigenvalue weighted by Crippen LogP contribution is -2.15. The van der Waals surface area contributed by atoms with Gasteiger partial charge in [-0.05, 0) is 57.6 Å². The van der Waals surface area contributed by atoms with Crippen molar-refractivity contribution in [2.75, 3.05) is 11.1 Å². The number of nitrogen functional groups attached to an aromatic ring is 1. The van der Waals surface area contributed by atoms with Gasteiger partial charge in [0.15, 0.2) is 0 Å². The molecule has 7 rings (SSSR count). The summed E-state index contributed by atoms with van der Waals surface area (Å²) in [6.45, 7) is 4.63. The summed E-state index contributed by atoms with van der Waals surface area (Å²) in [5.41, 5.74) is 17.5. The molecule has 0 aliphatic heterocycles. The molecule has 6 aromatic rings. The molecule has 2 heteroatoms. The predicted octanol–water partition coefficient (Wildman–Crippen LogP) is 9.29. The number of fused-ring (bicyclic) bond motifs is 5. The Morgan fingerprint density at radius 3 is 1.97 bits per heavy atom. The molecular weight excluding hydrogens is 448 g/mol. The van der Waals surface area contributed by atoms with Crippen molar-refractivity contribution in [2.24, 2.45) is 0 Å². The summed E-state index contributed by atoms with van der Waals surface area (Å²) in [5, 5.41) is 8.23. The fourth-order valence-electron chi connectivity index (χ4n) is 6.06. The molecule has 0 bridgehead atoms. The average molecular weight is 477 g/mol. The molecular formula is C35H28N2. The highest BCUT2D eigenvalue weighted by Crippen LogP contribution is 2.52. The molecule has 0 fully saturated rings. The van der Waals surface area contributed by atoms with Crippen LogP contribution in [0, 0.1) is 0 Å². The van der Waals surface area contributed by atoms with E-state index in [2.05, 4.69) is 128 Å². The largest absolute Gasteiger partial charge is 0.398 e. The molecule has 0 amide bonds. The number of rotatable bonds is 3. The third-order valence-electron chi connectivity index (χ3n) is 8.03. The third kappa shape index (κ3) is 3.26. The lowest BCUT2D eigenvalue weighted by atomic mass is 9.81. The number of anilines is 3. The Labute approximate surface area is 217 Å². The van der Waals surface area contributed by atoms with Crippen LogP contribution in [0.2, 0.25) is 0 Å². The smallest absolute Gasteiger partial charge is 0.0545 e. The topological polar surface area (TPSA) is 38.0 Å². The molecule has 3 N–H and O–H groups in total. The third-order valence-corrected chi connectivity index (χ3v) is 8.03. The van der Waals surface area contributed by atoms with Gasteiger partial charge in [-0.2, -0.15) is 0 Å². The molecule has 0 saturated carbocycles. The van der Waals surface area contributed by atoms with Crippen LogP contribution in [0.15, 0.2) is 115 Å². The molecule has 2 nitrogen and oxygen atoms in total. The molecule has 0 unspecified atom stereocenters. The Bertz CT molecular complexity index is 1810. The van der Waals surface area contributed by atoms with E-state index in [9.17, 15) is 0 Å². The lowest BCUT2D eigenvalue weighted by Gasteiger charge is -2.23. The highest BCUT2D eigenvalue weighted by Gasteiger charge is 2.35. The van der Waals surface area contributed by atoms with Gasteiger partial charge < -0.3 is 11.1 Å². The minimum absolute atomic E-state index is 0.0704. The molecule has 6 aromatic carbocycles. The summed E-state index contributed by atoms with van der Waals surface area (Å²) in [7, 11) is 0. The van der Waals surface area contributed by atoms with Gasteiger partial charge in [0.05, 0.1) is 5.69 Å². The molecule has 0 spiro atoms. The summed E-state index contributed by atoms with van der Waals surface area (Å²) < 4.78 is 0. The number of nitrogens with one attached hydrogen (secondary N) is 1. The van der Waals surface area contributed by atoms with Gasteiger partial charge in [-0.15, -0.1) is 0 Å². The van der Waals surface area contributed by atoms with Gasteiger partial charge in [0.1, 0.15) is 0 Å². The van der Waals surface area contributed by atoms with Gasteiger partial charge in [-0.25, -0.2) is 0 Å². The van der Waals surface area contributed by atoms with Crippen LogP contribution in [0.25, 0.3) is 43.8 Å². The minimum Gasteiger partial charge on any atom is -0.398 e. The number of nitrogens with two attached hydrogens (primary N) is 1. The van der Waals surface area contributed by atoms with Crippen molar-refractivity contribution in [1.82, 2.24) is 0 Å². The number of benzene rings is 6. The minimum atomic E-state index is -0.0704. The van der Waals surface area contributed by atoms with Gasteiger partial charge in [0.25, 0.3) is 0 Å². The van der Waals surface area contributed by atoms with Gasteiger partial charge in [0.2, 0.25) is 0 Å². The summed E-state index contributed by atoms with van der Waals surface area (Å²) in [6, 6.07) is 41.0. The Balaban J connectivity index is 1.44. The SMILES string of the molecule is CC1(C)c2ccccc2-c2cc3c(Nc4ccc(-c5ccccc5)cc4)c4ccccc4c(N)c3cc21. The Morgan fingerprint density at radius 1 is 0.541 bits per heavy atom. The monoisotopic (exact) mass is 476 g/mol. The fourth-order valence-corrected chi connectivity index (χ4v) is 6.06. The second-order valence-electron chi connectivity index (χ2n) is 10.5. The van der Waals surface area contributed by atoms with E-state index in [-0.39, 0.29) is 5.41 Å². The zero-order valence-corrected chi connectivity index (χ0v) is 21.0. The van der Waals surface area contributed by atoms with E-state index >= 15 is 0 Å². The Hall–Kier alpha value is -4.56. The Morgan fingerprint density at radius 2 is 1.19 bits per heavy atom. The van der Waals surface area contributed by atoms with Crippen LogP contribution in [0.1, 0.15) is 25.0 Å². The molecule has 1 aliphatic carbocycles. The van der Waals surface area contributed by atoms with E-state index in [0.717, 1.165) is 38.6 Å². The summed E-state index contributed by atoms with van der Waals surface area (Å²) >= 11 is 0. The molecule has 0 saturated heterocycles. The van der Waals surface area contributed by atoms with Crippen LogP contribution in [0.3, 0.4) is 0 Å². The van der Waals surface area contributed by atoms with Crippen molar-refractivity contribution < 1.29 is 0 Å². The maximum absolute atomic E-state index is 6.86. The van der Waals surface area contributed by atoms with Crippen molar-refractivity contribution in [1.29, 1.82) is 0 Å². The van der Waals surface area contributed by atoms with Crippen LogP contribution in [0.4, 0.5) is 17.1 Å². The van der Waals surface area contributed by atoms with E-state index in [1.807, 2.05) is 6.07 Å². The fraction of sp³-hybridized carbons (Fsp3) is 0.0857. The van der Waals surface area contributed by atoms with Crippen molar-refractivity contribution >= 4 is 38.6 Å². The molecule has 0 atom stereocenters. The maximum atomic E-state index is 6.86. The van der Waals surface area contributed by atoms with Crippen LogP contribution in [-0.2, 0) is 5.41 Å². The van der Waals surface area contributed by atoms with E-state index in [1.54, 1.807) is 0 Å². The first kappa shape index (κ1) is 21.7. The van der Waals surface area contributed by atoms with Gasteiger partial charge in [-0.1, -0.05) is 105 Å². The molecule has 0 heterocycles. The van der Waals surface area contributed by atoms with Crippen LogP contribution in [0.5, 0.6) is 0 Å². The van der Waals surface area contributed by atoms with Crippen molar-refractivity contribution in [3.8, 4) is 22.3 Å². The zero-order chi connectivity index (χ0) is 25.1. The maximum Gasteiger partial charge on any atom is 0.0545 e. The second-order valence-corrected chi connectivity index (χ2v) is 10.5. The lowest BCUT2D eigenvalue weighted by molar-refractivity contribution is 0.661. The summed E-state index contributed by atoms with van der Waals surface area (Å²) in [5.74, 6) is 0. The van der Waals surface area contributed by atoms with Crippen LogP contribution < -0.4 is 11.1 Å². The molecule has 0 radical (unpaired) electrons. The highest BCUT2D eigenvalue weighted by molar-refractivity contribution is 6.21. The molecule has 0 aromatic heterocycles. The van der Waals surface area contributed by atoms with Crippen LogP contribution >= 0.6 is 0 Å². The van der Waals surface area contributed by atoms with E-state index in [4.69, 9.17) is 5.73 Å². The first-order chi connectivity index (χ1) is 18.0. The molecule has 1 aliphatic rings. The average Bonchev–Trinajstić information content (AvgIpc) is 3.17. The van der Waals surface area contributed by atoms with Crippen molar-refractivity contribution in [3.05, 3.63) is 126 Å². The normalized spacial score (nSPS) is 13.5. The van der Waals surface area contributed by atoms with Crippen molar-refractivity contribution in [2.45, 2.75) is 19.3 Å². The van der Waals surface area contributed by atoms with Crippen LogP contribution in [-0.4, -0.2) is 0 Å². The quantitative estimate of drug-likeness (QED) is 0.152. The zero-order valence-electron chi connectivity index (χ0n) is 21.0. The summed E-state index contributed by atoms with van der Waals surface area (Å²) in [4.78, 5) is 0. The first-order valence-electron chi connectivity index (χ1n) is 12.8. The van der Waals surface area contributed by atoms with Gasteiger partial charge >= 0.3 is 0 Å². The van der Waals surface area contributed by atoms with E-state index in [0.29, 0.717) is 0 Å². The Kier molecular flexibility index (Phi) is 4.68. The van der Waals surface area contributed by atoms with E-state index in [1.165, 1.54) is 33.4 Å². The van der Waals surface area contributed by atoms with Crippen molar-refractivity contribution in [3.63, 3.8) is 0 Å². The molecule has 37 heavy (non-hydrogen) atoms. The molecule has 178 valence electrons. The van der Waals surface area contributed by atoms with Gasteiger partial charge in [0, 0.05) is 38.3 Å². The highest BCUT2D eigenvalue weighted by atomic mass is 14.9. The van der Waals surface area contributed by atoms with Gasteiger partial charge in [-0.3, -0.25) is 0 Å². The summed E-state index contributed by atoms with van der Waals surface area (Å²) in [6.07, 6.45) is 0. The second kappa shape index (κ2) is 7.97. The standard InChI is InChI=1S/C35H28N2/c1-35(2)31-15-9-8-12-25(31)28-20-30-29(21-32(28)35)33(36)26-13-6-7-14-27(26)34(30)37-24-18-16-23(17-19-24)22-10-4-3-5-11-22/h3-21,37H,36H2,1-2H3. The first-order valence-corrected chi connectivity index (χ1v) is 12.8. The number of hydrogen-bond acceptors (Lipinski definition) is 2.